The van der Waals surface area contributed by atoms with Crippen LogP contribution in [-0.4, -0.2) is 11.1 Å². The first-order valence-electron chi connectivity index (χ1n) is 2.40. The van der Waals surface area contributed by atoms with E-state index in [2.05, 4.69) is 47.8 Å². The van der Waals surface area contributed by atoms with Crippen LogP contribution in [0, 0.1) is 0 Å². The van der Waals surface area contributed by atoms with Crippen molar-refractivity contribution in [2.45, 2.75) is 0 Å². The number of aromatic carboxylic acids is 1. The summed E-state index contributed by atoms with van der Waals surface area (Å²) in [6, 6.07) is 0. The van der Waals surface area contributed by atoms with Gasteiger partial charge in [-0.3, -0.25) is 0 Å². The Morgan fingerprint density at radius 3 is 2.00 bits per heavy atom. The average Bonchev–Trinajstić information content (AvgIpc) is 2.17. The molecule has 11 heavy (non-hydrogen) atoms. The maximum atomic E-state index is 10.4. The Morgan fingerprint density at radius 1 is 1.27 bits per heavy atom. The molecule has 0 fully saturated rings. The fraction of sp³-hybridized carbons (Fsp3) is 0. The monoisotopic (exact) mass is 346 g/mol. The van der Waals surface area contributed by atoms with Crippen molar-refractivity contribution in [2.24, 2.45) is 0 Å². The van der Waals surface area contributed by atoms with Gasteiger partial charge in [0.15, 0.2) is 4.67 Å². The molecule has 0 saturated carbocycles. The Kier molecular flexibility index (Phi) is 2.77. The summed E-state index contributed by atoms with van der Waals surface area (Å²) in [4.78, 5) is 10.4. The summed E-state index contributed by atoms with van der Waals surface area (Å²) in [7, 11) is 0. The molecule has 1 aromatic rings. The van der Waals surface area contributed by atoms with Crippen LogP contribution >= 0.6 is 47.8 Å². The summed E-state index contributed by atoms with van der Waals surface area (Å²) in [6.07, 6.45) is 0. The predicted octanol–water partition coefficient (Wildman–Crippen LogP) is 3.27. The van der Waals surface area contributed by atoms with Crippen LogP contribution in [0.5, 0.6) is 0 Å². The van der Waals surface area contributed by atoms with Crippen molar-refractivity contribution in [1.82, 2.24) is 0 Å². The van der Waals surface area contributed by atoms with E-state index in [0.717, 1.165) is 0 Å². The zero-order valence-electron chi connectivity index (χ0n) is 4.90. The van der Waals surface area contributed by atoms with E-state index in [-0.39, 0.29) is 5.76 Å². The zero-order valence-corrected chi connectivity index (χ0v) is 9.66. The van der Waals surface area contributed by atoms with Gasteiger partial charge in [0.2, 0.25) is 5.76 Å². The van der Waals surface area contributed by atoms with E-state index in [4.69, 9.17) is 9.52 Å². The van der Waals surface area contributed by atoms with Gasteiger partial charge in [0.25, 0.3) is 0 Å². The lowest BCUT2D eigenvalue weighted by atomic mass is 10.5. The van der Waals surface area contributed by atoms with E-state index >= 15 is 0 Å². The lowest BCUT2D eigenvalue weighted by Gasteiger charge is -1.84. The number of carboxylic acid groups (broad SMARTS) is 1. The highest BCUT2D eigenvalue weighted by Gasteiger charge is 2.19. The van der Waals surface area contributed by atoms with Gasteiger partial charge < -0.3 is 9.52 Å². The van der Waals surface area contributed by atoms with Gasteiger partial charge in [-0.25, -0.2) is 4.79 Å². The van der Waals surface area contributed by atoms with Crippen LogP contribution < -0.4 is 0 Å². The van der Waals surface area contributed by atoms with Gasteiger partial charge in [-0.15, -0.1) is 0 Å². The smallest absolute Gasteiger partial charge is 0.373 e. The normalized spacial score (nSPS) is 10.1. The second-order valence-corrected chi connectivity index (χ2v) is 3.94. The van der Waals surface area contributed by atoms with E-state index in [1.54, 1.807) is 0 Å². The van der Waals surface area contributed by atoms with Gasteiger partial charge in [0.05, 0.1) is 8.95 Å². The SMILES string of the molecule is O=C(O)c1oc(Br)c(Br)c1Br. The molecule has 0 aromatic carbocycles. The van der Waals surface area contributed by atoms with Crippen LogP contribution in [0.15, 0.2) is 18.0 Å². The third kappa shape index (κ3) is 1.68. The lowest BCUT2D eigenvalue weighted by molar-refractivity contribution is 0.0659. The molecule has 60 valence electrons. The highest BCUT2D eigenvalue weighted by molar-refractivity contribution is 9.14. The van der Waals surface area contributed by atoms with Crippen molar-refractivity contribution in [3.63, 3.8) is 0 Å². The fourth-order valence-electron chi connectivity index (χ4n) is 0.503. The number of carbonyl (C=O) groups is 1. The molecule has 6 heteroatoms. The molecular weight excluding hydrogens is 348 g/mol. The molecule has 1 aromatic heterocycles. The third-order valence-electron chi connectivity index (χ3n) is 0.951. The summed E-state index contributed by atoms with van der Waals surface area (Å²) in [5.74, 6) is -1.23. The van der Waals surface area contributed by atoms with Gasteiger partial charge in [0, 0.05) is 0 Å². The van der Waals surface area contributed by atoms with E-state index in [0.29, 0.717) is 13.6 Å². The molecule has 0 bridgehead atoms. The Bertz CT molecular complexity index is 304. The second-order valence-electron chi connectivity index (χ2n) is 1.64. The maximum absolute atomic E-state index is 10.4. The van der Waals surface area contributed by atoms with Crippen molar-refractivity contribution >= 4 is 53.8 Å². The van der Waals surface area contributed by atoms with Gasteiger partial charge in [-0.1, -0.05) is 0 Å². The molecule has 0 aliphatic rings. The highest BCUT2D eigenvalue weighted by atomic mass is 79.9. The van der Waals surface area contributed by atoms with Crippen molar-refractivity contribution in [3.8, 4) is 0 Å². The first-order valence-corrected chi connectivity index (χ1v) is 4.78. The molecule has 0 amide bonds. The van der Waals surface area contributed by atoms with Crippen molar-refractivity contribution in [2.75, 3.05) is 0 Å². The third-order valence-corrected chi connectivity index (χ3v) is 4.09. The number of halogens is 3. The Hall–Kier alpha value is 0.190. The summed E-state index contributed by atoms with van der Waals surface area (Å²) < 4.78 is 6.16. The van der Waals surface area contributed by atoms with Crippen molar-refractivity contribution < 1.29 is 14.3 Å². The van der Waals surface area contributed by atoms with E-state index in [1.807, 2.05) is 0 Å². The zero-order chi connectivity index (χ0) is 8.59. The molecule has 1 heterocycles. The minimum atomic E-state index is -1.11. The molecule has 0 unspecified atom stereocenters. The molecule has 1 rings (SSSR count). The van der Waals surface area contributed by atoms with Gasteiger partial charge in [-0.05, 0) is 47.8 Å². The summed E-state index contributed by atoms with van der Waals surface area (Å²) in [5, 5.41) is 8.54. The molecule has 0 radical (unpaired) electrons. The van der Waals surface area contributed by atoms with Gasteiger partial charge >= 0.3 is 5.97 Å². The van der Waals surface area contributed by atoms with Gasteiger partial charge in [0.1, 0.15) is 0 Å². The van der Waals surface area contributed by atoms with Crippen LogP contribution in [0.25, 0.3) is 0 Å². The van der Waals surface area contributed by atoms with Crippen molar-refractivity contribution in [1.29, 1.82) is 0 Å². The number of hydrogen-bond donors (Lipinski definition) is 1. The fourth-order valence-corrected chi connectivity index (χ4v) is 1.82. The van der Waals surface area contributed by atoms with Crippen LogP contribution in [0.2, 0.25) is 0 Å². The topological polar surface area (TPSA) is 50.4 Å². The van der Waals surface area contributed by atoms with Crippen LogP contribution in [-0.2, 0) is 0 Å². The Morgan fingerprint density at radius 2 is 1.82 bits per heavy atom. The summed E-state index contributed by atoms with van der Waals surface area (Å²) in [5.41, 5.74) is 0. The standard InChI is InChI=1S/C5HBr3O3/c6-1-2(7)4(8)11-3(1)5(9)10/h(H,9,10). The summed E-state index contributed by atoms with van der Waals surface area (Å²) in [6.45, 7) is 0. The minimum Gasteiger partial charge on any atom is -0.475 e. The first kappa shape index (κ1) is 9.28. The summed E-state index contributed by atoms with van der Waals surface area (Å²) >= 11 is 9.20. The molecule has 0 atom stereocenters. The molecule has 1 N–H and O–H groups in total. The predicted molar refractivity (Wildman–Crippen MR) is 48.8 cm³/mol. The van der Waals surface area contributed by atoms with E-state index < -0.39 is 5.97 Å². The number of carboxylic acids is 1. The van der Waals surface area contributed by atoms with Crippen LogP contribution in [0.4, 0.5) is 0 Å². The quantitative estimate of drug-likeness (QED) is 0.847. The van der Waals surface area contributed by atoms with Crippen LogP contribution in [0.3, 0.4) is 0 Å². The van der Waals surface area contributed by atoms with Gasteiger partial charge in [-0.2, -0.15) is 0 Å². The number of rotatable bonds is 1. The Balaban J connectivity index is 3.29. The maximum Gasteiger partial charge on any atom is 0.373 e. The molecular formula is C5HBr3O3. The molecule has 0 aliphatic carbocycles. The van der Waals surface area contributed by atoms with Crippen LogP contribution in [0.1, 0.15) is 10.6 Å². The Labute approximate surface area is 87.1 Å². The first-order chi connectivity index (χ1) is 5.04. The molecule has 0 spiro atoms. The van der Waals surface area contributed by atoms with Crippen molar-refractivity contribution in [3.05, 3.63) is 19.4 Å². The number of hydrogen-bond acceptors (Lipinski definition) is 2. The largest absolute Gasteiger partial charge is 0.475 e. The molecule has 3 nitrogen and oxygen atoms in total. The second kappa shape index (κ2) is 3.28. The molecule has 0 saturated heterocycles. The number of furan rings is 1. The lowest BCUT2D eigenvalue weighted by Crippen LogP contribution is -1.93. The molecule has 0 aliphatic heterocycles. The van der Waals surface area contributed by atoms with E-state index in [1.165, 1.54) is 0 Å². The highest BCUT2D eigenvalue weighted by Crippen LogP contribution is 2.36. The average molecular weight is 349 g/mol. The van der Waals surface area contributed by atoms with E-state index in [9.17, 15) is 4.79 Å². The minimum absolute atomic E-state index is 0.122.